The van der Waals surface area contributed by atoms with Gasteiger partial charge in [0.15, 0.2) is 4.96 Å². The molecule has 0 amide bonds. The number of benzene rings is 1. The fourth-order valence-corrected chi connectivity index (χ4v) is 3.79. The van der Waals surface area contributed by atoms with Crippen LogP contribution < -0.4 is 11.1 Å². The number of hydrogen-bond acceptors (Lipinski definition) is 7. The third kappa shape index (κ3) is 3.73. The fourth-order valence-electron chi connectivity index (χ4n) is 2.69. The van der Waals surface area contributed by atoms with E-state index in [1.165, 1.54) is 32.7 Å². The van der Waals surface area contributed by atoms with Gasteiger partial charge in [0.1, 0.15) is 6.61 Å². The van der Waals surface area contributed by atoms with Crippen molar-refractivity contribution in [2.24, 2.45) is 0 Å². The molecule has 1 aromatic carbocycles. The van der Waals surface area contributed by atoms with Crippen LogP contribution in [-0.2, 0) is 22.7 Å². The van der Waals surface area contributed by atoms with Crippen LogP contribution in [0.15, 0.2) is 56.2 Å². The van der Waals surface area contributed by atoms with Gasteiger partial charge in [-0.1, -0.05) is 15.9 Å². The normalized spacial score (nSPS) is 11.2. The lowest BCUT2D eigenvalue weighted by Gasteiger charge is -2.07. The van der Waals surface area contributed by atoms with Gasteiger partial charge in [-0.3, -0.25) is 23.4 Å². The third-order valence-electron chi connectivity index (χ3n) is 4.08. The average molecular weight is 461 g/mol. The van der Waals surface area contributed by atoms with Crippen molar-refractivity contribution in [2.75, 3.05) is 0 Å². The monoisotopic (exact) mass is 460 g/mol. The molecule has 142 valence electrons. The average Bonchev–Trinajstić information content (AvgIpc) is 3.15. The van der Waals surface area contributed by atoms with Crippen LogP contribution in [0.25, 0.3) is 15.9 Å². The van der Waals surface area contributed by atoms with Crippen LogP contribution in [0.4, 0.5) is 0 Å². The van der Waals surface area contributed by atoms with E-state index in [0.29, 0.717) is 21.6 Å². The highest BCUT2D eigenvalue weighted by molar-refractivity contribution is 9.10. The molecule has 4 aromatic rings. The number of halogens is 1. The highest BCUT2D eigenvalue weighted by Gasteiger charge is 2.10. The van der Waals surface area contributed by atoms with Crippen molar-refractivity contribution in [2.45, 2.75) is 19.6 Å². The van der Waals surface area contributed by atoms with Gasteiger partial charge in [-0.05, 0) is 18.2 Å². The summed E-state index contributed by atoms with van der Waals surface area (Å²) in [6.07, 6.45) is 3.05. The predicted octanol–water partition coefficient (Wildman–Crippen LogP) is 2.36. The minimum atomic E-state index is -0.491. The summed E-state index contributed by atoms with van der Waals surface area (Å²) >= 11 is 4.66. The smallest absolute Gasteiger partial charge is 0.307 e. The quantitative estimate of drug-likeness (QED) is 0.424. The molecular formula is C18H13BrN4O4S. The van der Waals surface area contributed by atoms with Crippen molar-refractivity contribution in [3.63, 3.8) is 0 Å². The summed E-state index contributed by atoms with van der Waals surface area (Å²) in [6.45, 7) is 0.0491. The van der Waals surface area contributed by atoms with Gasteiger partial charge < -0.3 is 4.74 Å². The third-order valence-corrected chi connectivity index (χ3v) is 5.33. The largest absolute Gasteiger partial charge is 0.459 e. The van der Waals surface area contributed by atoms with Crippen LogP contribution in [-0.4, -0.2) is 24.9 Å². The zero-order valence-electron chi connectivity index (χ0n) is 14.4. The van der Waals surface area contributed by atoms with E-state index >= 15 is 0 Å². The first kappa shape index (κ1) is 18.5. The van der Waals surface area contributed by atoms with Crippen molar-refractivity contribution in [3.8, 4) is 0 Å². The molecule has 0 spiro atoms. The second-order valence-corrected chi connectivity index (χ2v) is 7.75. The summed E-state index contributed by atoms with van der Waals surface area (Å²) in [5.41, 5.74) is 0.526. The minimum absolute atomic E-state index is 0.00131. The van der Waals surface area contributed by atoms with Crippen LogP contribution in [0.1, 0.15) is 12.1 Å². The molecule has 10 heteroatoms. The lowest BCUT2D eigenvalue weighted by atomic mass is 10.2. The van der Waals surface area contributed by atoms with Crippen LogP contribution in [0.3, 0.4) is 0 Å². The van der Waals surface area contributed by atoms with E-state index in [4.69, 9.17) is 4.74 Å². The van der Waals surface area contributed by atoms with E-state index in [2.05, 4.69) is 25.9 Å². The number of carbonyl (C=O) groups is 1. The van der Waals surface area contributed by atoms with E-state index in [1.807, 2.05) is 6.07 Å². The molecule has 3 heterocycles. The lowest BCUT2D eigenvalue weighted by molar-refractivity contribution is -0.145. The van der Waals surface area contributed by atoms with Crippen molar-refractivity contribution in [3.05, 3.63) is 73.0 Å². The summed E-state index contributed by atoms with van der Waals surface area (Å²) < 4.78 is 8.77. The van der Waals surface area contributed by atoms with Gasteiger partial charge in [0.2, 0.25) is 0 Å². The molecule has 0 radical (unpaired) electrons. The molecule has 3 aromatic heterocycles. The molecular weight excluding hydrogens is 448 g/mol. The van der Waals surface area contributed by atoms with E-state index in [-0.39, 0.29) is 30.7 Å². The summed E-state index contributed by atoms with van der Waals surface area (Å²) in [6, 6.07) is 6.59. The number of rotatable bonds is 5. The molecule has 0 aliphatic heterocycles. The zero-order valence-corrected chi connectivity index (χ0v) is 16.8. The first-order valence-electron chi connectivity index (χ1n) is 8.27. The predicted molar refractivity (Wildman–Crippen MR) is 107 cm³/mol. The molecule has 0 saturated carbocycles. The van der Waals surface area contributed by atoms with Crippen LogP contribution in [0.2, 0.25) is 0 Å². The summed E-state index contributed by atoms with van der Waals surface area (Å²) in [4.78, 5) is 45.5. The Morgan fingerprint density at radius 1 is 1.25 bits per heavy atom. The second kappa shape index (κ2) is 7.64. The van der Waals surface area contributed by atoms with Crippen molar-refractivity contribution < 1.29 is 9.53 Å². The van der Waals surface area contributed by atoms with Gasteiger partial charge in [0.25, 0.3) is 11.1 Å². The molecule has 4 rings (SSSR count). The molecule has 8 nitrogen and oxygen atoms in total. The molecule has 0 saturated heterocycles. The van der Waals surface area contributed by atoms with Crippen LogP contribution in [0.5, 0.6) is 0 Å². The summed E-state index contributed by atoms with van der Waals surface area (Å²) in [5.74, 6) is -0.491. The summed E-state index contributed by atoms with van der Waals surface area (Å²) in [7, 11) is 0. The van der Waals surface area contributed by atoms with Gasteiger partial charge in [0.05, 0.1) is 29.3 Å². The molecule has 0 N–H and O–H groups in total. The molecule has 0 bridgehead atoms. The molecule has 0 atom stereocenters. The Balaban J connectivity index is 1.41. The number of esters is 1. The first-order chi connectivity index (χ1) is 13.5. The minimum Gasteiger partial charge on any atom is -0.459 e. The van der Waals surface area contributed by atoms with Crippen molar-refractivity contribution in [1.82, 2.24) is 18.9 Å². The highest BCUT2D eigenvalue weighted by atomic mass is 79.9. The number of ether oxygens (including phenoxy) is 1. The Morgan fingerprint density at radius 3 is 2.96 bits per heavy atom. The Hall–Kier alpha value is -2.85. The maximum Gasteiger partial charge on any atom is 0.307 e. The lowest BCUT2D eigenvalue weighted by Crippen LogP contribution is -2.22. The maximum atomic E-state index is 12.5. The maximum absolute atomic E-state index is 12.5. The van der Waals surface area contributed by atoms with Gasteiger partial charge in [-0.25, -0.2) is 9.97 Å². The van der Waals surface area contributed by atoms with E-state index < -0.39 is 5.97 Å². The number of aromatic nitrogens is 4. The van der Waals surface area contributed by atoms with Gasteiger partial charge >= 0.3 is 5.97 Å². The fraction of sp³-hybridized carbons (Fsp3) is 0.167. The SMILES string of the molecule is O=C(CCn1cnc2ccc(Br)cc2c1=O)OCc1cc(=O)n2ccsc2n1. The zero-order chi connectivity index (χ0) is 19.7. The Labute approximate surface area is 170 Å². The molecule has 0 fully saturated rings. The molecule has 0 aliphatic rings. The van der Waals surface area contributed by atoms with E-state index in [9.17, 15) is 14.4 Å². The second-order valence-electron chi connectivity index (χ2n) is 5.96. The molecule has 0 aliphatic carbocycles. The standard InChI is InChI=1S/C18H13BrN4O4S/c19-11-1-2-14-13(7-11)17(26)22(10-20-14)4-3-16(25)27-9-12-8-15(24)23-5-6-28-18(23)21-12/h1-2,5-8,10H,3-4,9H2. The van der Waals surface area contributed by atoms with Crippen molar-refractivity contribution >= 4 is 49.1 Å². The van der Waals surface area contributed by atoms with Gasteiger partial charge in [-0.2, -0.15) is 0 Å². The topological polar surface area (TPSA) is 95.6 Å². The van der Waals surface area contributed by atoms with Crippen molar-refractivity contribution in [1.29, 1.82) is 0 Å². The number of carbonyl (C=O) groups excluding carboxylic acids is 1. The Kier molecular flexibility index (Phi) is 5.05. The van der Waals surface area contributed by atoms with Crippen LogP contribution >= 0.6 is 27.3 Å². The van der Waals surface area contributed by atoms with Gasteiger partial charge in [0, 0.05) is 28.7 Å². The highest BCUT2D eigenvalue weighted by Crippen LogP contribution is 2.15. The number of fused-ring (bicyclic) bond motifs is 2. The van der Waals surface area contributed by atoms with Gasteiger partial charge in [-0.15, -0.1) is 11.3 Å². The Bertz CT molecular complexity index is 1310. The number of hydrogen-bond donors (Lipinski definition) is 0. The number of thiazole rings is 1. The number of nitrogens with zero attached hydrogens (tertiary/aromatic N) is 4. The first-order valence-corrected chi connectivity index (χ1v) is 9.94. The summed E-state index contributed by atoms with van der Waals surface area (Å²) in [5, 5.41) is 2.23. The van der Waals surface area contributed by atoms with Crippen LogP contribution in [0, 0.1) is 0 Å². The Morgan fingerprint density at radius 2 is 2.11 bits per heavy atom. The molecule has 0 unspecified atom stereocenters. The number of aryl methyl sites for hydroxylation is 1. The van der Waals surface area contributed by atoms with E-state index in [1.54, 1.807) is 23.7 Å². The van der Waals surface area contributed by atoms with E-state index in [0.717, 1.165) is 4.47 Å². The molecule has 28 heavy (non-hydrogen) atoms.